The van der Waals surface area contributed by atoms with Crippen LogP contribution in [0.15, 0.2) is 30.3 Å². The zero-order valence-electron chi connectivity index (χ0n) is 18.8. The SMILES string of the molecule is COc1cc(NCc2cc(F)cc(Cl)c2O)ccc1C(=O)OC1CC2CCC1(C)C2(C)C. The lowest BCUT2D eigenvalue weighted by molar-refractivity contribution is -0.0244. The van der Waals surface area contributed by atoms with E-state index in [1.165, 1.54) is 19.6 Å². The number of aromatic hydroxyl groups is 1. The zero-order valence-corrected chi connectivity index (χ0v) is 19.6. The molecule has 0 amide bonds. The highest BCUT2D eigenvalue weighted by Crippen LogP contribution is 2.66. The number of fused-ring (bicyclic) bond motifs is 2. The van der Waals surface area contributed by atoms with E-state index >= 15 is 0 Å². The minimum atomic E-state index is -0.530. The summed E-state index contributed by atoms with van der Waals surface area (Å²) in [5.41, 5.74) is 1.46. The van der Waals surface area contributed by atoms with Crippen LogP contribution in [-0.2, 0) is 11.3 Å². The van der Waals surface area contributed by atoms with Crippen LogP contribution < -0.4 is 10.1 Å². The number of hydrogen-bond acceptors (Lipinski definition) is 5. The van der Waals surface area contributed by atoms with Gasteiger partial charge in [0.25, 0.3) is 0 Å². The predicted octanol–water partition coefficient (Wildman–Crippen LogP) is 6.18. The number of carbonyl (C=O) groups is 1. The molecule has 172 valence electrons. The summed E-state index contributed by atoms with van der Waals surface area (Å²) >= 11 is 5.84. The van der Waals surface area contributed by atoms with Crippen LogP contribution in [-0.4, -0.2) is 24.3 Å². The fraction of sp³-hybridized carbons (Fsp3) is 0.480. The lowest BCUT2D eigenvalue weighted by Crippen LogP contribution is -2.38. The van der Waals surface area contributed by atoms with E-state index in [0.29, 0.717) is 28.5 Å². The summed E-state index contributed by atoms with van der Waals surface area (Å²) in [6.07, 6.45) is 3.05. The van der Waals surface area contributed by atoms with Crippen molar-refractivity contribution in [3.05, 3.63) is 52.3 Å². The van der Waals surface area contributed by atoms with Gasteiger partial charge in [0.1, 0.15) is 29.0 Å². The van der Waals surface area contributed by atoms with Gasteiger partial charge in [0.15, 0.2) is 0 Å². The third-order valence-electron chi connectivity index (χ3n) is 7.97. The first kappa shape index (κ1) is 22.7. The highest BCUT2D eigenvalue weighted by molar-refractivity contribution is 6.32. The first-order valence-electron chi connectivity index (χ1n) is 10.9. The summed E-state index contributed by atoms with van der Waals surface area (Å²) in [7, 11) is 1.50. The molecule has 0 heterocycles. The molecule has 2 saturated carbocycles. The second kappa shape index (κ2) is 8.14. The van der Waals surface area contributed by atoms with E-state index in [2.05, 4.69) is 26.1 Å². The molecule has 0 spiro atoms. The molecule has 2 aromatic rings. The van der Waals surface area contributed by atoms with Crippen LogP contribution in [0.25, 0.3) is 0 Å². The molecular weight excluding hydrogens is 433 g/mol. The van der Waals surface area contributed by atoms with Crippen molar-refractivity contribution in [2.24, 2.45) is 16.7 Å². The number of ether oxygens (including phenoxy) is 2. The standard InChI is InChI=1S/C25H29ClFNO4/c1-24(2)15-7-8-25(24,3)21(10-15)32-23(30)18-6-5-17(12-20(18)31-4)28-13-14-9-16(27)11-19(26)22(14)29/h5-6,9,11-12,15,21,28-29H,7-8,10,13H2,1-4H3. The number of rotatable bonds is 6. The van der Waals surface area contributed by atoms with Gasteiger partial charge in [0.2, 0.25) is 0 Å². The molecule has 3 atom stereocenters. The Morgan fingerprint density at radius 1 is 1.28 bits per heavy atom. The van der Waals surface area contributed by atoms with Crippen LogP contribution >= 0.6 is 11.6 Å². The van der Waals surface area contributed by atoms with E-state index in [1.54, 1.807) is 18.2 Å². The number of halogens is 2. The van der Waals surface area contributed by atoms with Crippen LogP contribution in [0.4, 0.5) is 10.1 Å². The highest BCUT2D eigenvalue weighted by Gasteiger charge is 2.62. The Morgan fingerprint density at radius 2 is 2.03 bits per heavy atom. The molecule has 2 aliphatic carbocycles. The summed E-state index contributed by atoms with van der Waals surface area (Å²) in [4.78, 5) is 13.0. The van der Waals surface area contributed by atoms with E-state index in [0.717, 1.165) is 18.9 Å². The molecule has 0 saturated heterocycles. The maximum atomic E-state index is 13.6. The predicted molar refractivity (Wildman–Crippen MR) is 122 cm³/mol. The molecule has 2 fully saturated rings. The second-order valence-electron chi connectivity index (χ2n) is 9.67. The van der Waals surface area contributed by atoms with E-state index < -0.39 is 11.8 Å². The maximum Gasteiger partial charge on any atom is 0.342 e. The van der Waals surface area contributed by atoms with Gasteiger partial charge in [-0.3, -0.25) is 0 Å². The summed E-state index contributed by atoms with van der Waals surface area (Å²) in [6.45, 7) is 6.94. The van der Waals surface area contributed by atoms with Crippen molar-refractivity contribution in [3.8, 4) is 11.5 Å². The van der Waals surface area contributed by atoms with Crippen LogP contribution in [0.5, 0.6) is 11.5 Å². The molecule has 32 heavy (non-hydrogen) atoms. The van der Waals surface area contributed by atoms with Crippen LogP contribution in [0.2, 0.25) is 5.02 Å². The van der Waals surface area contributed by atoms with Gasteiger partial charge in [-0.05, 0) is 54.9 Å². The molecule has 5 nitrogen and oxygen atoms in total. The number of anilines is 1. The Bertz CT molecular complexity index is 1060. The molecule has 2 aliphatic rings. The minimum absolute atomic E-state index is 0.0176. The Kier molecular flexibility index (Phi) is 5.78. The van der Waals surface area contributed by atoms with Gasteiger partial charge in [-0.1, -0.05) is 32.4 Å². The molecule has 0 aliphatic heterocycles. The number of hydrogen-bond donors (Lipinski definition) is 2. The van der Waals surface area contributed by atoms with Crippen molar-refractivity contribution in [1.29, 1.82) is 0 Å². The van der Waals surface area contributed by atoms with E-state index in [9.17, 15) is 14.3 Å². The van der Waals surface area contributed by atoms with Gasteiger partial charge in [-0.2, -0.15) is 0 Å². The molecule has 0 radical (unpaired) electrons. The average Bonchev–Trinajstić information content (AvgIpc) is 3.08. The van der Waals surface area contributed by atoms with Crippen molar-refractivity contribution < 1.29 is 23.8 Å². The fourth-order valence-electron chi connectivity index (χ4n) is 5.42. The van der Waals surface area contributed by atoms with E-state index in [-0.39, 0.29) is 34.3 Å². The van der Waals surface area contributed by atoms with Crippen LogP contribution in [0.1, 0.15) is 56.0 Å². The average molecular weight is 462 g/mol. The highest BCUT2D eigenvalue weighted by atomic mass is 35.5. The van der Waals surface area contributed by atoms with Crippen molar-refractivity contribution in [2.45, 2.75) is 52.7 Å². The number of nitrogens with one attached hydrogen (secondary N) is 1. The van der Waals surface area contributed by atoms with Gasteiger partial charge in [-0.25, -0.2) is 9.18 Å². The quantitative estimate of drug-likeness (QED) is 0.503. The largest absolute Gasteiger partial charge is 0.506 e. The first-order valence-corrected chi connectivity index (χ1v) is 11.2. The fourth-order valence-corrected chi connectivity index (χ4v) is 5.65. The van der Waals surface area contributed by atoms with Gasteiger partial charge >= 0.3 is 5.97 Å². The van der Waals surface area contributed by atoms with Gasteiger partial charge in [0, 0.05) is 29.3 Å². The first-order chi connectivity index (χ1) is 15.1. The normalized spacial score (nSPS) is 25.6. The van der Waals surface area contributed by atoms with Gasteiger partial charge in [0.05, 0.1) is 12.1 Å². The third kappa shape index (κ3) is 3.68. The number of phenols is 1. The Balaban J connectivity index is 1.48. The second-order valence-corrected chi connectivity index (χ2v) is 10.1. The number of esters is 1. The molecule has 2 bridgehead atoms. The van der Waals surface area contributed by atoms with Crippen molar-refractivity contribution in [3.63, 3.8) is 0 Å². The Morgan fingerprint density at radius 3 is 2.66 bits per heavy atom. The third-order valence-corrected chi connectivity index (χ3v) is 8.26. The molecule has 4 rings (SSSR count). The Hall–Kier alpha value is -2.47. The molecule has 7 heteroatoms. The van der Waals surface area contributed by atoms with E-state index in [1.807, 2.05) is 0 Å². The summed E-state index contributed by atoms with van der Waals surface area (Å²) in [5.74, 6) is -0.133. The molecular formula is C25H29ClFNO4. The van der Waals surface area contributed by atoms with Crippen molar-refractivity contribution in [1.82, 2.24) is 0 Å². The van der Waals surface area contributed by atoms with Crippen LogP contribution in [0.3, 0.4) is 0 Å². The molecule has 2 N–H and O–H groups in total. The molecule has 3 unspecified atom stereocenters. The number of methoxy groups -OCH3 is 1. The number of phenolic OH excluding ortho intramolecular Hbond substituents is 1. The molecule has 0 aromatic heterocycles. The van der Waals surface area contributed by atoms with Crippen molar-refractivity contribution in [2.75, 3.05) is 12.4 Å². The van der Waals surface area contributed by atoms with Gasteiger partial charge < -0.3 is 19.9 Å². The minimum Gasteiger partial charge on any atom is -0.506 e. The summed E-state index contributed by atoms with van der Waals surface area (Å²) in [5, 5.41) is 13.1. The zero-order chi connectivity index (χ0) is 23.3. The van der Waals surface area contributed by atoms with Crippen molar-refractivity contribution >= 4 is 23.3 Å². The number of carbonyl (C=O) groups excluding carboxylic acids is 1. The smallest absolute Gasteiger partial charge is 0.342 e. The summed E-state index contributed by atoms with van der Waals surface area (Å²) < 4.78 is 25.0. The monoisotopic (exact) mass is 461 g/mol. The lowest BCUT2D eigenvalue weighted by atomic mass is 9.70. The number of benzene rings is 2. The maximum absolute atomic E-state index is 13.6. The Labute approximate surface area is 192 Å². The summed E-state index contributed by atoms with van der Waals surface area (Å²) in [6, 6.07) is 7.34. The molecule has 2 aromatic carbocycles. The van der Waals surface area contributed by atoms with Gasteiger partial charge in [-0.15, -0.1) is 0 Å². The topological polar surface area (TPSA) is 67.8 Å². The van der Waals surface area contributed by atoms with Crippen LogP contribution in [0, 0.1) is 22.6 Å². The van der Waals surface area contributed by atoms with E-state index in [4.69, 9.17) is 21.1 Å². The lowest BCUT2D eigenvalue weighted by Gasteiger charge is -2.38.